The van der Waals surface area contributed by atoms with Crippen LogP contribution in [0.4, 0.5) is 4.79 Å². The van der Waals surface area contributed by atoms with E-state index in [1.165, 1.54) is 6.08 Å². The van der Waals surface area contributed by atoms with Gasteiger partial charge in [0.05, 0.1) is 11.5 Å². The molecule has 1 fully saturated rings. The smallest absolute Gasteiger partial charge is 0.293 e. The van der Waals surface area contributed by atoms with E-state index >= 15 is 0 Å². The van der Waals surface area contributed by atoms with Crippen LogP contribution in [0.3, 0.4) is 0 Å². The van der Waals surface area contributed by atoms with E-state index in [2.05, 4.69) is 22.5 Å². The Morgan fingerprint density at radius 2 is 1.87 bits per heavy atom. The van der Waals surface area contributed by atoms with Crippen molar-refractivity contribution in [1.82, 2.24) is 4.90 Å². The van der Waals surface area contributed by atoms with Crippen molar-refractivity contribution in [2.45, 2.75) is 13.5 Å². The molecular weight excluding hydrogens is 490 g/mol. The fourth-order valence-electron chi connectivity index (χ4n) is 2.71. The first kappa shape index (κ1) is 22.5. The van der Waals surface area contributed by atoms with E-state index in [1.54, 1.807) is 18.2 Å². The zero-order chi connectivity index (χ0) is 21.7. The fraction of sp³-hybridized carbons (Fsp3) is 0.182. The monoisotopic (exact) mass is 507 g/mol. The number of hydrogen-bond acceptors (Lipinski definition) is 5. The van der Waals surface area contributed by atoms with Crippen LogP contribution < -0.4 is 9.47 Å². The number of rotatable bonds is 8. The number of benzene rings is 2. The number of halogens is 2. The van der Waals surface area contributed by atoms with Crippen molar-refractivity contribution in [3.8, 4) is 11.5 Å². The first-order valence-corrected chi connectivity index (χ1v) is 11.1. The molecule has 1 heterocycles. The van der Waals surface area contributed by atoms with Crippen molar-refractivity contribution in [1.29, 1.82) is 0 Å². The summed E-state index contributed by atoms with van der Waals surface area (Å²) in [5, 5.41) is 0.355. The van der Waals surface area contributed by atoms with E-state index in [9.17, 15) is 9.59 Å². The second-order valence-electron chi connectivity index (χ2n) is 6.25. The van der Waals surface area contributed by atoms with E-state index in [1.807, 2.05) is 31.2 Å². The fourth-order valence-corrected chi connectivity index (χ4v) is 4.11. The molecule has 0 saturated carbocycles. The van der Waals surface area contributed by atoms with Gasteiger partial charge in [-0.05, 0) is 60.2 Å². The van der Waals surface area contributed by atoms with E-state index < -0.39 is 0 Å². The summed E-state index contributed by atoms with van der Waals surface area (Å²) in [7, 11) is 0. The van der Waals surface area contributed by atoms with Gasteiger partial charge in [-0.1, -0.05) is 45.7 Å². The Morgan fingerprint density at radius 1 is 1.17 bits per heavy atom. The molecule has 156 valence electrons. The van der Waals surface area contributed by atoms with Gasteiger partial charge in [-0.25, -0.2) is 0 Å². The van der Waals surface area contributed by atoms with Gasteiger partial charge in [-0.2, -0.15) is 0 Å². The Labute approximate surface area is 192 Å². The predicted octanol–water partition coefficient (Wildman–Crippen LogP) is 6.30. The molecule has 0 radical (unpaired) electrons. The van der Waals surface area contributed by atoms with Gasteiger partial charge in [-0.15, -0.1) is 6.58 Å². The SMILES string of the molecule is C=CCN1C(=O)S/C(=C/c2cc(OCC)c(OCc3ccc(Cl)cc3)cc2Br)C1=O. The quantitative estimate of drug-likeness (QED) is 0.309. The molecule has 30 heavy (non-hydrogen) atoms. The number of carbonyl (C=O) groups is 2. The molecule has 2 aromatic carbocycles. The van der Waals surface area contributed by atoms with Gasteiger partial charge in [0.25, 0.3) is 11.1 Å². The van der Waals surface area contributed by atoms with Crippen LogP contribution >= 0.6 is 39.3 Å². The van der Waals surface area contributed by atoms with Crippen LogP contribution in [0.1, 0.15) is 18.1 Å². The molecule has 1 aliphatic heterocycles. The summed E-state index contributed by atoms with van der Waals surface area (Å²) in [4.78, 5) is 26.0. The maximum atomic E-state index is 12.5. The number of carbonyl (C=O) groups excluding carboxylic acids is 2. The third-order valence-electron chi connectivity index (χ3n) is 4.14. The second kappa shape index (κ2) is 10.2. The average Bonchev–Trinajstić information content (AvgIpc) is 2.98. The molecule has 0 unspecified atom stereocenters. The van der Waals surface area contributed by atoms with Crippen LogP contribution in [0.25, 0.3) is 6.08 Å². The lowest BCUT2D eigenvalue weighted by Gasteiger charge is -2.14. The highest BCUT2D eigenvalue weighted by Gasteiger charge is 2.34. The maximum absolute atomic E-state index is 12.5. The summed E-state index contributed by atoms with van der Waals surface area (Å²) in [6.45, 7) is 6.45. The zero-order valence-corrected chi connectivity index (χ0v) is 19.4. The average molecular weight is 509 g/mol. The van der Waals surface area contributed by atoms with Gasteiger partial charge >= 0.3 is 0 Å². The van der Waals surface area contributed by atoms with Gasteiger partial charge in [0.15, 0.2) is 11.5 Å². The number of ether oxygens (including phenoxy) is 2. The molecule has 0 atom stereocenters. The molecule has 1 saturated heterocycles. The molecule has 1 aliphatic rings. The minimum Gasteiger partial charge on any atom is -0.490 e. The highest BCUT2D eigenvalue weighted by atomic mass is 79.9. The standard InChI is InChI=1S/C22H19BrClNO4S/c1-3-9-25-21(26)20(30-22(25)27)11-15-10-18(28-4-2)19(12-17(15)23)29-13-14-5-7-16(24)8-6-14/h3,5-8,10-12H,1,4,9,13H2,2H3/b20-11+. The molecular formula is C22H19BrClNO4S. The number of hydrogen-bond donors (Lipinski definition) is 0. The van der Waals surface area contributed by atoms with Crippen LogP contribution in [0.2, 0.25) is 5.02 Å². The van der Waals surface area contributed by atoms with Crippen molar-refractivity contribution in [2.75, 3.05) is 13.2 Å². The van der Waals surface area contributed by atoms with E-state index in [0.717, 1.165) is 22.2 Å². The van der Waals surface area contributed by atoms with Crippen LogP contribution in [-0.4, -0.2) is 29.2 Å². The minimum atomic E-state index is -0.335. The van der Waals surface area contributed by atoms with Crippen molar-refractivity contribution < 1.29 is 19.1 Å². The Hall–Kier alpha value is -2.22. The predicted molar refractivity (Wildman–Crippen MR) is 124 cm³/mol. The van der Waals surface area contributed by atoms with Crippen molar-refractivity contribution in [3.05, 3.63) is 74.6 Å². The number of nitrogens with zero attached hydrogens (tertiary/aromatic N) is 1. The first-order chi connectivity index (χ1) is 14.4. The summed E-state index contributed by atoms with van der Waals surface area (Å²) in [6, 6.07) is 11.0. The Morgan fingerprint density at radius 3 is 2.53 bits per heavy atom. The second-order valence-corrected chi connectivity index (χ2v) is 8.53. The first-order valence-electron chi connectivity index (χ1n) is 9.12. The summed E-state index contributed by atoms with van der Waals surface area (Å²) in [5.74, 6) is 0.777. The lowest BCUT2D eigenvalue weighted by molar-refractivity contribution is -0.122. The molecule has 5 nitrogen and oxygen atoms in total. The Bertz CT molecular complexity index is 1010. The number of amides is 2. The Kier molecular flexibility index (Phi) is 7.64. The lowest BCUT2D eigenvalue weighted by atomic mass is 10.1. The van der Waals surface area contributed by atoms with Gasteiger partial charge in [0.2, 0.25) is 0 Å². The number of imide groups is 1. The summed E-state index contributed by atoms with van der Waals surface area (Å²) in [5.41, 5.74) is 1.68. The molecule has 0 N–H and O–H groups in total. The zero-order valence-electron chi connectivity index (χ0n) is 16.2. The third-order valence-corrected chi connectivity index (χ3v) is 5.99. The van der Waals surface area contributed by atoms with Crippen LogP contribution in [0.15, 0.2) is 58.4 Å². The van der Waals surface area contributed by atoms with Gasteiger partial charge in [0, 0.05) is 16.0 Å². The van der Waals surface area contributed by atoms with Crippen LogP contribution in [0.5, 0.6) is 11.5 Å². The molecule has 0 aromatic heterocycles. The van der Waals surface area contributed by atoms with E-state index in [0.29, 0.717) is 44.7 Å². The molecule has 8 heteroatoms. The summed E-state index contributed by atoms with van der Waals surface area (Å²) >= 11 is 10.4. The van der Waals surface area contributed by atoms with Crippen LogP contribution in [-0.2, 0) is 11.4 Å². The Balaban J connectivity index is 1.85. The molecule has 0 aliphatic carbocycles. The summed E-state index contributed by atoms with van der Waals surface area (Å²) in [6.07, 6.45) is 3.19. The van der Waals surface area contributed by atoms with Crippen LogP contribution in [0, 0.1) is 0 Å². The molecule has 3 rings (SSSR count). The molecule has 2 aromatic rings. The number of thioether (sulfide) groups is 1. The van der Waals surface area contributed by atoms with Crippen molar-refractivity contribution >= 4 is 56.5 Å². The van der Waals surface area contributed by atoms with E-state index in [-0.39, 0.29) is 17.7 Å². The highest BCUT2D eigenvalue weighted by molar-refractivity contribution is 9.10. The third kappa shape index (κ3) is 5.28. The van der Waals surface area contributed by atoms with Gasteiger partial charge in [-0.3, -0.25) is 14.5 Å². The minimum absolute atomic E-state index is 0.185. The summed E-state index contributed by atoms with van der Waals surface area (Å²) < 4.78 is 12.4. The largest absolute Gasteiger partial charge is 0.490 e. The van der Waals surface area contributed by atoms with Gasteiger partial charge in [0.1, 0.15) is 6.61 Å². The molecule has 0 spiro atoms. The normalized spacial score (nSPS) is 15.0. The lowest BCUT2D eigenvalue weighted by Crippen LogP contribution is -2.27. The topological polar surface area (TPSA) is 55.8 Å². The van der Waals surface area contributed by atoms with Crippen molar-refractivity contribution in [2.24, 2.45) is 0 Å². The van der Waals surface area contributed by atoms with Gasteiger partial charge < -0.3 is 9.47 Å². The molecule has 2 amide bonds. The maximum Gasteiger partial charge on any atom is 0.293 e. The van der Waals surface area contributed by atoms with Crippen molar-refractivity contribution in [3.63, 3.8) is 0 Å². The van der Waals surface area contributed by atoms with E-state index in [4.69, 9.17) is 21.1 Å². The molecule has 0 bridgehead atoms. The highest BCUT2D eigenvalue weighted by Crippen LogP contribution is 2.38.